The first-order valence-electron chi connectivity index (χ1n) is 5.31. The van der Waals surface area contributed by atoms with E-state index in [1.54, 1.807) is 19.4 Å². The maximum absolute atomic E-state index is 11.1. The highest BCUT2D eigenvalue weighted by Gasteiger charge is 2.09. The Balaban J connectivity index is 2.44. The summed E-state index contributed by atoms with van der Waals surface area (Å²) in [4.78, 5) is 4.07. The molecule has 17 heavy (non-hydrogen) atoms. The van der Waals surface area contributed by atoms with Gasteiger partial charge in [0.1, 0.15) is 9.84 Å². The molecular formula is C11H18N2O3S. The molecule has 1 atom stereocenters. The monoisotopic (exact) mass is 258 g/mol. The van der Waals surface area contributed by atoms with Crippen LogP contribution in [-0.2, 0) is 16.4 Å². The van der Waals surface area contributed by atoms with Crippen molar-refractivity contribution in [3.05, 3.63) is 23.9 Å². The zero-order valence-corrected chi connectivity index (χ0v) is 11.1. The predicted molar refractivity (Wildman–Crippen MR) is 66.8 cm³/mol. The molecule has 0 aliphatic heterocycles. The Morgan fingerprint density at radius 1 is 1.47 bits per heavy atom. The number of methoxy groups -OCH3 is 1. The second-order valence-electron chi connectivity index (χ2n) is 4.08. The lowest BCUT2D eigenvalue weighted by Crippen LogP contribution is -2.32. The molecule has 0 spiro atoms. The molecule has 1 N–H and O–H groups in total. The average molecular weight is 258 g/mol. The number of nitrogens with zero attached hydrogens (tertiary/aromatic N) is 1. The van der Waals surface area contributed by atoms with E-state index in [1.807, 2.05) is 13.0 Å². The molecule has 0 saturated carbocycles. The zero-order chi connectivity index (χ0) is 12.9. The third kappa shape index (κ3) is 5.65. The van der Waals surface area contributed by atoms with Crippen LogP contribution in [0.5, 0.6) is 5.88 Å². The largest absolute Gasteiger partial charge is 0.481 e. The number of rotatable bonds is 6. The maximum Gasteiger partial charge on any atom is 0.212 e. The predicted octanol–water partition coefficient (Wildman–Crippen LogP) is 0.613. The van der Waals surface area contributed by atoms with E-state index in [-0.39, 0.29) is 11.8 Å². The van der Waals surface area contributed by atoms with E-state index in [0.29, 0.717) is 12.4 Å². The molecule has 1 heterocycles. The van der Waals surface area contributed by atoms with Crippen LogP contribution in [0.15, 0.2) is 18.3 Å². The molecule has 96 valence electrons. The Labute approximate surface area is 102 Å². The normalized spacial score (nSPS) is 13.4. The van der Waals surface area contributed by atoms with Crippen LogP contribution in [0.2, 0.25) is 0 Å². The van der Waals surface area contributed by atoms with Crippen LogP contribution in [0.1, 0.15) is 12.5 Å². The molecule has 1 aromatic heterocycles. The molecule has 0 aromatic carbocycles. The van der Waals surface area contributed by atoms with Crippen molar-refractivity contribution in [2.75, 3.05) is 19.1 Å². The summed E-state index contributed by atoms with van der Waals surface area (Å²) in [6.07, 6.45) is 2.94. The second-order valence-corrected chi connectivity index (χ2v) is 6.27. The van der Waals surface area contributed by atoms with Crippen molar-refractivity contribution >= 4 is 9.84 Å². The smallest absolute Gasteiger partial charge is 0.212 e. The summed E-state index contributed by atoms with van der Waals surface area (Å²) in [7, 11) is -1.37. The minimum Gasteiger partial charge on any atom is -0.481 e. The average Bonchev–Trinajstić information content (AvgIpc) is 2.25. The molecule has 0 aliphatic rings. The number of hydrogen-bond acceptors (Lipinski definition) is 5. The van der Waals surface area contributed by atoms with Gasteiger partial charge in [-0.05, 0) is 12.5 Å². The molecule has 0 fully saturated rings. The van der Waals surface area contributed by atoms with Gasteiger partial charge in [-0.15, -0.1) is 0 Å². The fourth-order valence-corrected chi connectivity index (χ4v) is 2.47. The van der Waals surface area contributed by atoms with Crippen LogP contribution in [0.3, 0.4) is 0 Å². The topological polar surface area (TPSA) is 68.3 Å². The van der Waals surface area contributed by atoms with Crippen LogP contribution < -0.4 is 10.1 Å². The van der Waals surface area contributed by atoms with E-state index >= 15 is 0 Å². The van der Waals surface area contributed by atoms with Gasteiger partial charge in [0, 0.05) is 31.1 Å². The van der Waals surface area contributed by atoms with E-state index in [0.717, 1.165) is 5.56 Å². The summed E-state index contributed by atoms with van der Waals surface area (Å²) in [6, 6.07) is 3.59. The van der Waals surface area contributed by atoms with Gasteiger partial charge in [0.2, 0.25) is 5.88 Å². The van der Waals surface area contributed by atoms with Crippen LogP contribution in [0.25, 0.3) is 0 Å². The molecule has 0 saturated heterocycles. The summed E-state index contributed by atoms with van der Waals surface area (Å²) in [6.45, 7) is 2.44. The minimum absolute atomic E-state index is 0.0768. The van der Waals surface area contributed by atoms with E-state index < -0.39 is 9.84 Å². The lowest BCUT2D eigenvalue weighted by molar-refractivity contribution is 0.397. The van der Waals surface area contributed by atoms with E-state index in [9.17, 15) is 8.42 Å². The van der Waals surface area contributed by atoms with Crippen LogP contribution in [0, 0.1) is 0 Å². The van der Waals surface area contributed by atoms with Gasteiger partial charge in [-0.25, -0.2) is 13.4 Å². The molecule has 0 bridgehead atoms. The summed E-state index contributed by atoms with van der Waals surface area (Å²) in [5.74, 6) is 0.703. The van der Waals surface area contributed by atoms with Crippen molar-refractivity contribution in [1.29, 1.82) is 0 Å². The Hall–Kier alpha value is -1.14. The van der Waals surface area contributed by atoms with E-state index in [4.69, 9.17) is 4.74 Å². The van der Waals surface area contributed by atoms with E-state index in [1.165, 1.54) is 6.26 Å². The Morgan fingerprint density at radius 3 is 2.65 bits per heavy atom. The van der Waals surface area contributed by atoms with Gasteiger partial charge in [0.15, 0.2) is 0 Å². The second kappa shape index (κ2) is 5.97. The lowest BCUT2D eigenvalue weighted by Gasteiger charge is -2.12. The van der Waals surface area contributed by atoms with Crippen molar-refractivity contribution in [3.8, 4) is 5.88 Å². The number of ether oxygens (including phenoxy) is 1. The standard InChI is InChI=1S/C11H18N2O3S/c1-9(8-17(3,14)15)12-6-10-4-5-11(16-2)13-7-10/h4-5,7,9,12H,6,8H2,1-3H3. The first-order valence-corrected chi connectivity index (χ1v) is 7.37. The zero-order valence-electron chi connectivity index (χ0n) is 10.3. The Bertz CT molecular complexity index is 442. The van der Waals surface area contributed by atoms with Crippen molar-refractivity contribution in [2.45, 2.75) is 19.5 Å². The molecule has 1 aromatic rings. The van der Waals surface area contributed by atoms with Crippen LogP contribution in [-0.4, -0.2) is 38.6 Å². The van der Waals surface area contributed by atoms with Gasteiger partial charge in [-0.3, -0.25) is 0 Å². The Morgan fingerprint density at radius 2 is 2.18 bits per heavy atom. The quantitative estimate of drug-likeness (QED) is 0.810. The summed E-state index contributed by atoms with van der Waals surface area (Å²) >= 11 is 0. The van der Waals surface area contributed by atoms with Gasteiger partial charge in [0.05, 0.1) is 12.9 Å². The third-order valence-corrected chi connectivity index (χ3v) is 3.32. The highest BCUT2D eigenvalue weighted by Crippen LogP contribution is 2.06. The van der Waals surface area contributed by atoms with Crippen LogP contribution in [0.4, 0.5) is 0 Å². The fourth-order valence-electron chi connectivity index (χ4n) is 1.44. The molecular weight excluding hydrogens is 240 g/mol. The third-order valence-electron chi connectivity index (χ3n) is 2.21. The number of pyridine rings is 1. The molecule has 0 aliphatic carbocycles. The number of aromatic nitrogens is 1. The van der Waals surface area contributed by atoms with Crippen molar-refractivity contribution in [2.24, 2.45) is 0 Å². The van der Waals surface area contributed by atoms with Gasteiger partial charge < -0.3 is 10.1 Å². The first-order chi connectivity index (χ1) is 7.90. The van der Waals surface area contributed by atoms with Crippen molar-refractivity contribution < 1.29 is 13.2 Å². The van der Waals surface area contributed by atoms with Gasteiger partial charge in [-0.1, -0.05) is 6.07 Å². The SMILES string of the molecule is COc1ccc(CNC(C)CS(C)(=O)=O)cn1. The van der Waals surface area contributed by atoms with Gasteiger partial charge in [0.25, 0.3) is 0 Å². The molecule has 0 radical (unpaired) electrons. The van der Waals surface area contributed by atoms with Crippen LogP contribution >= 0.6 is 0 Å². The fraction of sp³-hybridized carbons (Fsp3) is 0.545. The molecule has 5 nitrogen and oxygen atoms in total. The lowest BCUT2D eigenvalue weighted by atomic mass is 10.2. The Kier molecular flexibility index (Phi) is 4.89. The number of sulfone groups is 1. The molecule has 1 rings (SSSR count). The van der Waals surface area contributed by atoms with E-state index in [2.05, 4.69) is 10.3 Å². The first kappa shape index (κ1) is 13.9. The van der Waals surface area contributed by atoms with Crippen molar-refractivity contribution in [3.63, 3.8) is 0 Å². The highest BCUT2D eigenvalue weighted by molar-refractivity contribution is 7.90. The molecule has 0 amide bonds. The molecule has 6 heteroatoms. The molecule has 1 unspecified atom stereocenters. The number of hydrogen-bond donors (Lipinski definition) is 1. The summed E-state index contributed by atoms with van der Waals surface area (Å²) in [5, 5.41) is 3.13. The highest BCUT2D eigenvalue weighted by atomic mass is 32.2. The summed E-state index contributed by atoms with van der Waals surface area (Å²) in [5.41, 5.74) is 0.992. The minimum atomic E-state index is -2.94. The van der Waals surface area contributed by atoms with Gasteiger partial charge in [-0.2, -0.15) is 0 Å². The summed E-state index contributed by atoms with van der Waals surface area (Å²) < 4.78 is 27.1. The number of nitrogens with one attached hydrogen (secondary N) is 1. The maximum atomic E-state index is 11.1. The van der Waals surface area contributed by atoms with Gasteiger partial charge >= 0.3 is 0 Å². The van der Waals surface area contributed by atoms with Crippen molar-refractivity contribution in [1.82, 2.24) is 10.3 Å².